The van der Waals surface area contributed by atoms with Crippen molar-refractivity contribution in [1.82, 2.24) is 40.4 Å². The highest BCUT2D eigenvalue weighted by molar-refractivity contribution is 8.02. The zero-order valence-corrected chi connectivity index (χ0v) is 22.0. The Morgan fingerprint density at radius 3 is 2.67 bits per heavy atom. The molecule has 0 aliphatic carbocycles. The summed E-state index contributed by atoms with van der Waals surface area (Å²) < 4.78 is 10.7. The number of hydrogen-bond donors (Lipinski definition) is 4. The van der Waals surface area contributed by atoms with Crippen molar-refractivity contribution in [2.45, 2.75) is 11.5 Å². The minimum atomic E-state index is -1.18. The van der Waals surface area contributed by atoms with Crippen LogP contribution in [-0.4, -0.2) is 93.4 Å². The fourth-order valence-electron chi connectivity index (χ4n) is 4.38. The first-order valence-corrected chi connectivity index (χ1v) is 12.9. The number of nitrogens with two attached hydrogens (primary N) is 1. The number of amides is 2. The molecule has 3 aromatic rings. The second kappa shape index (κ2) is 11.3. The number of urea groups is 1. The molecule has 0 radical (unpaired) electrons. The first-order chi connectivity index (χ1) is 18.9. The van der Waals surface area contributed by atoms with Crippen LogP contribution in [0.5, 0.6) is 11.5 Å². The van der Waals surface area contributed by atoms with E-state index < -0.39 is 23.5 Å². The van der Waals surface area contributed by atoms with Crippen LogP contribution < -0.4 is 25.8 Å². The quantitative estimate of drug-likeness (QED) is 0.328. The number of benzene rings is 1. The summed E-state index contributed by atoms with van der Waals surface area (Å²) in [6.45, 7) is 2.25. The first kappa shape index (κ1) is 26.4. The van der Waals surface area contributed by atoms with Crippen LogP contribution in [0.2, 0.25) is 0 Å². The van der Waals surface area contributed by atoms with E-state index in [1.165, 1.54) is 16.7 Å². The van der Waals surface area contributed by atoms with E-state index in [9.17, 15) is 14.7 Å². The molecule has 2 unspecified atom stereocenters. The molecule has 0 saturated carbocycles. The summed E-state index contributed by atoms with van der Waals surface area (Å²) >= 11 is 1.30. The number of nitrogen functional groups attached to an aromatic ring is 1. The number of aromatic nitrogens is 4. The Morgan fingerprint density at radius 2 is 1.95 bits per heavy atom. The van der Waals surface area contributed by atoms with Gasteiger partial charge in [-0.05, 0) is 23.6 Å². The van der Waals surface area contributed by atoms with Gasteiger partial charge in [0.15, 0.2) is 23.3 Å². The van der Waals surface area contributed by atoms with Gasteiger partial charge < -0.3 is 30.9 Å². The van der Waals surface area contributed by atoms with Gasteiger partial charge in [0, 0.05) is 37.9 Å². The topological polar surface area (TPSA) is 181 Å². The SMILES string of the molecule is COc1ccc(-c2cnc3nc(N)nc(C4SC=CN4C(=O)NC(C(=O)O)N4CCNCC4)c3n2)cc1OC. The van der Waals surface area contributed by atoms with Gasteiger partial charge in [0.25, 0.3) is 0 Å². The Labute approximate surface area is 227 Å². The Balaban J connectivity index is 1.48. The van der Waals surface area contributed by atoms with E-state index in [0.717, 1.165) is 5.56 Å². The normalized spacial score (nSPS) is 18.2. The number of piperazine rings is 1. The van der Waals surface area contributed by atoms with Crippen LogP contribution in [-0.2, 0) is 4.79 Å². The molecule has 14 nitrogen and oxygen atoms in total. The number of carboxylic acid groups (broad SMARTS) is 1. The number of methoxy groups -OCH3 is 2. The van der Waals surface area contributed by atoms with Gasteiger partial charge in [0.1, 0.15) is 16.6 Å². The molecular weight excluding hydrogens is 526 g/mol. The number of carboxylic acids is 1. The summed E-state index contributed by atoms with van der Waals surface area (Å²) in [5.74, 6) is -0.0635. The molecule has 204 valence electrons. The molecule has 1 aromatic carbocycles. The molecule has 2 amide bonds. The maximum absolute atomic E-state index is 13.3. The molecule has 2 aliphatic rings. The van der Waals surface area contributed by atoms with Crippen molar-refractivity contribution in [3.05, 3.63) is 41.7 Å². The lowest BCUT2D eigenvalue weighted by molar-refractivity contribution is -0.144. The molecule has 1 saturated heterocycles. The van der Waals surface area contributed by atoms with Crippen LogP contribution >= 0.6 is 11.8 Å². The largest absolute Gasteiger partial charge is 0.493 e. The first-order valence-electron chi connectivity index (χ1n) is 12.0. The van der Waals surface area contributed by atoms with Crippen molar-refractivity contribution in [3.8, 4) is 22.8 Å². The average molecular weight is 554 g/mol. The van der Waals surface area contributed by atoms with Crippen LogP contribution in [0.4, 0.5) is 10.7 Å². The van der Waals surface area contributed by atoms with Gasteiger partial charge in [-0.3, -0.25) is 9.80 Å². The lowest BCUT2D eigenvalue weighted by atomic mass is 10.1. The summed E-state index contributed by atoms with van der Waals surface area (Å²) in [5.41, 5.74) is 8.22. The Morgan fingerprint density at radius 1 is 1.18 bits per heavy atom. The number of carbonyl (C=O) groups excluding carboxylic acids is 1. The van der Waals surface area contributed by atoms with Gasteiger partial charge in [-0.25, -0.2) is 24.5 Å². The Hall–Kier alpha value is -4.21. The maximum Gasteiger partial charge on any atom is 0.341 e. The van der Waals surface area contributed by atoms with Crippen molar-refractivity contribution in [3.63, 3.8) is 0 Å². The third-order valence-corrected chi connectivity index (χ3v) is 7.28. The zero-order valence-electron chi connectivity index (χ0n) is 21.2. The van der Waals surface area contributed by atoms with Gasteiger partial charge in [0.05, 0.1) is 26.1 Å². The van der Waals surface area contributed by atoms with Crippen LogP contribution in [0.25, 0.3) is 22.4 Å². The van der Waals surface area contributed by atoms with Gasteiger partial charge >= 0.3 is 12.0 Å². The fraction of sp³-hybridized carbons (Fsp3) is 0.333. The van der Waals surface area contributed by atoms with E-state index in [1.807, 2.05) is 6.07 Å². The highest BCUT2D eigenvalue weighted by atomic mass is 32.2. The van der Waals surface area contributed by atoms with Gasteiger partial charge in [0.2, 0.25) is 5.95 Å². The minimum Gasteiger partial charge on any atom is -0.493 e. The van der Waals surface area contributed by atoms with E-state index in [2.05, 4.69) is 25.6 Å². The second-order valence-electron chi connectivity index (χ2n) is 8.62. The number of carbonyl (C=O) groups is 2. The van der Waals surface area contributed by atoms with Crippen molar-refractivity contribution < 1.29 is 24.2 Å². The molecule has 5 N–H and O–H groups in total. The number of thioether (sulfide) groups is 1. The number of ether oxygens (including phenoxy) is 2. The van der Waals surface area contributed by atoms with Crippen molar-refractivity contribution in [2.24, 2.45) is 0 Å². The number of fused-ring (bicyclic) bond motifs is 1. The summed E-state index contributed by atoms with van der Waals surface area (Å²) in [6, 6.07) is 4.77. The molecule has 15 heteroatoms. The van der Waals surface area contributed by atoms with E-state index >= 15 is 0 Å². The molecular formula is C24H27N9O5S. The lowest BCUT2D eigenvalue weighted by Crippen LogP contribution is -2.59. The molecule has 4 heterocycles. The molecule has 2 aromatic heterocycles. The predicted octanol–water partition coefficient (Wildman–Crippen LogP) is 1.23. The molecule has 1 fully saturated rings. The monoisotopic (exact) mass is 553 g/mol. The minimum absolute atomic E-state index is 0.0252. The highest BCUT2D eigenvalue weighted by Crippen LogP contribution is 2.40. The van der Waals surface area contributed by atoms with E-state index in [-0.39, 0.29) is 11.6 Å². The number of nitrogens with zero attached hydrogens (tertiary/aromatic N) is 6. The number of hydrogen-bond acceptors (Lipinski definition) is 12. The van der Waals surface area contributed by atoms with Crippen LogP contribution in [0.1, 0.15) is 11.1 Å². The average Bonchev–Trinajstić information content (AvgIpc) is 3.45. The van der Waals surface area contributed by atoms with Crippen LogP contribution in [0.15, 0.2) is 36.0 Å². The summed E-state index contributed by atoms with van der Waals surface area (Å²) in [4.78, 5) is 46.2. The van der Waals surface area contributed by atoms with E-state index in [0.29, 0.717) is 54.6 Å². The second-order valence-corrected chi connectivity index (χ2v) is 9.61. The molecule has 2 aliphatic heterocycles. The summed E-state index contributed by atoms with van der Waals surface area (Å²) in [5, 5.41) is 16.7. The molecule has 0 spiro atoms. The number of rotatable bonds is 7. The summed E-state index contributed by atoms with van der Waals surface area (Å²) in [7, 11) is 3.10. The number of anilines is 1. The third kappa shape index (κ3) is 5.36. The van der Waals surface area contributed by atoms with E-state index in [4.69, 9.17) is 20.2 Å². The highest BCUT2D eigenvalue weighted by Gasteiger charge is 2.35. The summed E-state index contributed by atoms with van der Waals surface area (Å²) in [6.07, 6.45) is 1.95. The van der Waals surface area contributed by atoms with Crippen molar-refractivity contribution in [1.29, 1.82) is 0 Å². The maximum atomic E-state index is 13.3. The number of nitrogens with one attached hydrogen (secondary N) is 2. The molecule has 2 atom stereocenters. The predicted molar refractivity (Wildman–Crippen MR) is 144 cm³/mol. The van der Waals surface area contributed by atoms with Crippen molar-refractivity contribution in [2.75, 3.05) is 46.1 Å². The zero-order chi connectivity index (χ0) is 27.5. The Bertz CT molecular complexity index is 1430. The van der Waals surface area contributed by atoms with Crippen molar-refractivity contribution >= 4 is 40.9 Å². The van der Waals surface area contributed by atoms with E-state index in [1.54, 1.807) is 49.1 Å². The Kier molecular flexibility index (Phi) is 7.63. The lowest BCUT2D eigenvalue weighted by Gasteiger charge is -2.34. The standard InChI is InChI=1S/C24H27N9O5S/c1-37-15-4-3-13(11-16(15)38-2)14-12-27-19-17(28-14)18(29-23(25)30-19)21-33(9-10-39-21)24(36)31-20(22(34)35)32-7-5-26-6-8-32/h3-4,9-12,20-21,26H,5-8H2,1-2H3,(H,31,36)(H,34,35)(H2,25,27,29,30). The van der Waals surface area contributed by atoms with Crippen LogP contribution in [0.3, 0.4) is 0 Å². The molecule has 39 heavy (non-hydrogen) atoms. The van der Waals surface area contributed by atoms with Gasteiger partial charge in [-0.1, -0.05) is 0 Å². The fourth-order valence-corrected chi connectivity index (χ4v) is 5.32. The number of aliphatic carboxylic acids is 1. The molecule has 0 bridgehead atoms. The third-order valence-electron chi connectivity index (χ3n) is 6.29. The van der Waals surface area contributed by atoms with Gasteiger partial charge in [-0.15, -0.1) is 11.8 Å². The molecule has 5 rings (SSSR count). The smallest absolute Gasteiger partial charge is 0.341 e. The van der Waals surface area contributed by atoms with Gasteiger partial charge in [-0.2, -0.15) is 4.98 Å². The van der Waals surface area contributed by atoms with Crippen LogP contribution in [0, 0.1) is 0 Å².